The maximum atomic E-state index is 10.7. The average Bonchev–Trinajstić information content (AvgIpc) is 3.28. The Kier molecular flexibility index (Phi) is 4.48. The maximum absolute atomic E-state index is 10.7. The molecular formula is C24H36O3. The van der Waals surface area contributed by atoms with Gasteiger partial charge in [-0.2, -0.15) is 0 Å². The van der Waals surface area contributed by atoms with Crippen LogP contribution in [0.2, 0.25) is 0 Å². The molecule has 5 aliphatic rings. The summed E-state index contributed by atoms with van der Waals surface area (Å²) in [5.74, 6) is 3.25. The second-order valence-corrected chi connectivity index (χ2v) is 10.4. The Morgan fingerprint density at radius 1 is 1.04 bits per heavy atom. The number of aliphatic hydroxyl groups excluding tert-OH is 2. The third kappa shape index (κ3) is 2.75. The van der Waals surface area contributed by atoms with E-state index >= 15 is 0 Å². The van der Waals surface area contributed by atoms with Gasteiger partial charge in [0.2, 0.25) is 0 Å². The Morgan fingerprint density at radius 3 is 2.74 bits per heavy atom. The molecule has 3 saturated carbocycles. The van der Waals surface area contributed by atoms with Crippen molar-refractivity contribution in [3.05, 3.63) is 23.5 Å². The highest BCUT2D eigenvalue weighted by molar-refractivity contribution is 5.27. The summed E-state index contributed by atoms with van der Waals surface area (Å²) in [6.07, 6.45) is 16.4. The molecular weight excluding hydrogens is 336 g/mol. The number of hydrogen-bond acceptors (Lipinski definition) is 3. The van der Waals surface area contributed by atoms with Gasteiger partial charge in [-0.05, 0) is 93.5 Å². The number of allylic oxidation sites excluding steroid dienone is 2. The van der Waals surface area contributed by atoms with E-state index in [9.17, 15) is 10.2 Å². The van der Waals surface area contributed by atoms with Crippen molar-refractivity contribution in [2.24, 2.45) is 28.6 Å². The zero-order valence-electron chi connectivity index (χ0n) is 16.8. The van der Waals surface area contributed by atoms with Crippen molar-refractivity contribution < 1.29 is 14.9 Å². The van der Waals surface area contributed by atoms with Crippen LogP contribution in [0.25, 0.3) is 0 Å². The van der Waals surface area contributed by atoms with Crippen molar-refractivity contribution in [3.63, 3.8) is 0 Å². The fourth-order valence-corrected chi connectivity index (χ4v) is 7.74. The monoisotopic (exact) mass is 372 g/mol. The molecule has 5 aliphatic carbocycles. The third-order valence-corrected chi connectivity index (χ3v) is 9.28. The van der Waals surface area contributed by atoms with Crippen LogP contribution in [0.1, 0.15) is 77.6 Å². The Labute approximate surface area is 163 Å². The standard InChI is InChI=1S/C24H36O3/c1-23-12-11-21-19(20(23)8-9-22(23)26)7-6-16-14-17(25)10-13-24(16,21)15-27-18-4-2-3-5-18/h4,14,17,19-22,25-26H,2-3,5-13,15H2,1H3/t17?,19-,20-,21+,22?,23-,24+/m0/s1. The van der Waals surface area contributed by atoms with Gasteiger partial charge in [0.25, 0.3) is 0 Å². The van der Waals surface area contributed by atoms with Gasteiger partial charge in [0.15, 0.2) is 0 Å². The number of rotatable bonds is 3. The van der Waals surface area contributed by atoms with Crippen LogP contribution in [-0.4, -0.2) is 29.0 Å². The first kappa shape index (κ1) is 18.2. The highest BCUT2D eigenvalue weighted by Crippen LogP contribution is 2.65. The van der Waals surface area contributed by atoms with Crippen molar-refractivity contribution in [3.8, 4) is 0 Å². The van der Waals surface area contributed by atoms with E-state index in [2.05, 4.69) is 19.1 Å². The summed E-state index contributed by atoms with van der Waals surface area (Å²) in [5, 5.41) is 21.0. The van der Waals surface area contributed by atoms with Crippen LogP contribution in [-0.2, 0) is 4.74 Å². The molecule has 0 bridgehead atoms. The molecule has 2 unspecified atom stereocenters. The highest BCUT2D eigenvalue weighted by atomic mass is 16.5. The summed E-state index contributed by atoms with van der Waals surface area (Å²) in [6.45, 7) is 3.17. The average molecular weight is 373 g/mol. The molecule has 5 rings (SSSR count). The third-order valence-electron chi connectivity index (χ3n) is 9.28. The van der Waals surface area contributed by atoms with Crippen molar-refractivity contribution in [1.29, 1.82) is 0 Å². The zero-order chi connectivity index (χ0) is 18.6. The normalized spacial score (nSPS) is 48.9. The molecule has 0 aromatic heterocycles. The highest BCUT2D eigenvalue weighted by Gasteiger charge is 2.60. The molecule has 0 saturated heterocycles. The quantitative estimate of drug-likeness (QED) is 0.704. The summed E-state index contributed by atoms with van der Waals surface area (Å²) in [5.41, 5.74) is 1.75. The molecule has 0 aliphatic heterocycles. The van der Waals surface area contributed by atoms with Gasteiger partial charge < -0.3 is 14.9 Å². The topological polar surface area (TPSA) is 49.7 Å². The number of ether oxygens (including phenoxy) is 1. The Hall–Kier alpha value is -0.800. The first-order chi connectivity index (χ1) is 13.0. The molecule has 0 heterocycles. The first-order valence-electron chi connectivity index (χ1n) is 11.4. The Balaban J connectivity index is 1.46. The van der Waals surface area contributed by atoms with Crippen LogP contribution in [0.4, 0.5) is 0 Å². The zero-order valence-corrected chi connectivity index (χ0v) is 16.8. The van der Waals surface area contributed by atoms with Gasteiger partial charge in [-0.15, -0.1) is 0 Å². The minimum Gasteiger partial charge on any atom is -0.497 e. The van der Waals surface area contributed by atoms with Crippen molar-refractivity contribution >= 4 is 0 Å². The minimum absolute atomic E-state index is 0.107. The molecule has 3 nitrogen and oxygen atoms in total. The van der Waals surface area contributed by atoms with Crippen LogP contribution in [0.3, 0.4) is 0 Å². The molecule has 0 amide bonds. The van der Waals surface area contributed by atoms with Gasteiger partial charge in [0.1, 0.15) is 0 Å². The second kappa shape index (κ2) is 6.62. The lowest BCUT2D eigenvalue weighted by molar-refractivity contribution is -0.0966. The molecule has 3 fully saturated rings. The number of aliphatic hydroxyl groups is 2. The smallest absolute Gasteiger partial charge is 0.0973 e. The molecule has 27 heavy (non-hydrogen) atoms. The number of hydrogen-bond donors (Lipinski definition) is 2. The summed E-state index contributed by atoms with van der Waals surface area (Å²) < 4.78 is 6.43. The maximum Gasteiger partial charge on any atom is 0.0973 e. The van der Waals surface area contributed by atoms with Gasteiger partial charge in [-0.1, -0.05) is 18.6 Å². The van der Waals surface area contributed by atoms with E-state index in [0.717, 1.165) is 57.5 Å². The fourth-order valence-electron chi connectivity index (χ4n) is 7.74. The summed E-state index contributed by atoms with van der Waals surface area (Å²) in [7, 11) is 0. The predicted molar refractivity (Wildman–Crippen MR) is 106 cm³/mol. The van der Waals surface area contributed by atoms with Gasteiger partial charge in [-0.25, -0.2) is 0 Å². The number of fused-ring (bicyclic) bond motifs is 5. The van der Waals surface area contributed by atoms with Crippen LogP contribution >= 0.6 is 0 Å². The van der Waals surface area contributed by atoms with E-state index in [4.69, 9.17) is 4.74 Å². The second-order valence-electron chi connectivity index (χ2n) is 10.4. The molecule has 0 aromatic carbocycles. The van der Waals surface area contributed by atoms with Gasteiger partial charge in [0, 0.05) is 11.8 Å². The predicted octanol–water partition coefficient (Wildman–Crippen LogP) is 4.74. The molecule has 0 spiro atoms. The fraction of sp³-hybridized carbons (Fsp3) is 0.833. The Morgan fingerprint density at radius 2 is 1.93 bits per heavy atom. The minimum atomic E-state index is -0.266. The largest absolute Gasteiger partial charge is 0.497 e. The van der Waals surface area contributed by atoms with E-state index in [1.807, 2.05) is 0 Å². The lowest BCUT2D eigenvalue weighted by Crippen LogP contribution is -2.54. The molecule has 7 atom stereocenters. The summed E-state index contributed by atoms with van der Waals surface area (Å²) >= 11 is 0. The molecule has 0 radical (unpaired) electrons. The lowest BCUT2D eigenvalue weighted by atomic mass is 9.47. The molecule has 2 N–H and O–H groups in total. The van der Waals surface area contributed by atoms with E-state index in [1.54, 1.807) is 0 Å². The first-order valence-corrected chi connectivity index (χ1v) is 11.4. The SMILES string of the molecule is C[C@]12CC[C@@H]3[C@@H](CCC4=CC(O)CC[C@@]43COC3=CCCC3)[C@@H]1CCC2O. The van der Waals surface area contributed by atoms with Crippen LogP contribution in [0.5, 0.6) is 0 Å². The van der Waals surface area contributed by atoms with E-state index in [-0.39, 0.29) is 23.0 Å². The molecule has 3 heteroatoms. The van der Waals surface area contributed by atoms with Gasteiger partial charge in [0.05, 0.1) is 24.6 Å². The van der Waals surface area contributed by atoms with Crippen LogP contribution in [0.15, 0.2) is 23.5 Å². The van der Waals surface area contributed by atoms with E-state index in [0.29, 0.717) is 11.8 Å². The molecule has 0 aromatic rings. The van der Waals surface area contributed by atoms with E-state index in [1.165, 1.54) is 37.0 Å². The summed E-state index contributed by atoms with van der Waals surface area (Å²) in [6, 6.07) is 0. The van der Waals surface area contributed by atoms with Crippen molar-refractivity contribution in [2.45, 2.75) is 89.8 Å². The van der Waals surface area contributed by atoms with Crippen molar-refractivity contribution in [2.75, 3.05) is 6.61 Å². The van der Waals surface area contributed by atoms with E-state index < -0.39 is 0 Å². The van der Waals surface area contributed by atoms with Crippen molar-refractivity contribution in [1.82, 2.24) is 0 Å². The van der Waals surface area contributed by atoms with Crippen LogP contribution < -0.4 is 0 Å². The van der Waals surface area contributed by atoms with Gasteiger partial charge >= 0.3 is 0 Å². The lowest BCUT2D eigenvalue weighted by Gasteiger charge is -2.58. The van der Waals surface area contributed by atoms with Gasteiger partial charge in [-0.3, -0.25) is 0 Å². The Bertz CT molecular complexity index is 652. The molecule has 150 valence electrons. The summed E-state index contributed by atoms with van der Waals surface area (Å²) in [4.78, 5) is 0. The van der Waals surface area contributed by atoms with Crippen LogP contribution in [0, 0.1) is 28.6 Å².